The largest absolute Gasteiger partial charge is 0.380 e. The average molecular weight is 259 g/mol. The normalized spacial score (nSPS) is 25.6. The van der Waals surface area contributed by atoms with Crippen LogP contribution in [0.25, 0.3) is 0 Å². The first-order valence-corrected chi connectivity index (χ1v) is 5.41. The van der Waals surface area contributed by atoms with E-state index in [1.165, 1.54) is 6.07 Å². The molecule has 1 aliphatic carbocycles. The van der Waals surface area contributed by atoms with Crippen molar-refractivity contribution >= 4 is 21.6 Å². The van der Waals surface area contributed by atoms with E-state index in [0.29, 0.717) is 11.7 Å². The zero-order valence-electron chi connectivity index (χ0n) is 7.63. The molecule has 0 amide bonds. The van der Waals surface area contributed by atoms with E-state index in [1.807, 2.05) is 6.07 Å². The zero-order valence-corrected chi connectivity index (χ0v) is 9.22. The summed E-state index contributed by atoms with van der Waals surface area (Å²) < 4.78 is 14.1. The fourth-order valence-corrected chi connectivity index (χ4v) is 1.94. The van der Waals surface area contributed by atoms with Crippen LogP contribution in [0.5, 0.6) is 0 Å². The summed E-state index contributed by atoms with van der Waals surface area (Å²) in [5.41, 5.74) is 6.20. The van der Waals surface area contributed by atoms with Gasteiger partial charge in [-0.25, -0.2) is 4.39 Å². The topological polar surface area (TPSA) is 38.0 Å². The molecule has 0 heterocycles. The second-order valence-corrected chi connectivity index (χ2v) is 4.61. The number of nitrogens with one attached hydrogen (secondary N) is 1. The van der Waals surface area contributed by atoms with E-state index >= 15 is 0 Å². The van der Waals surface area contributed by atoms with E-state index in [9.17, 15) is 4.39 Å². The molecule has 0 radical (unpaired) electrons. The highest BCUT2D eigenvalue weighted by atomic mass is 79.9. The number of rotatable bonds is 2. The van der Waals surface area contributed by atoms with Gasteiger partial charge < -0.3 is 11.1 Å². The van der Waals surface area contributed by atoms with E-state index in [-0.39, 0.29) is 11.9 Å². The lowest BCUT2D eigenvalue weighted by atomic mass is 9.87. The van der Waals surface area contributed by atoms with Gasteiger partial charge in [0, 0.05) is 16.6 Å². The standard InChI is InChI=1S/C10H12BrFN2/c11-6-1-2-10(9(12)3-6)14-8-4-7(13)5-8/h1-3,7-8,14H,4-5,13H2. The molecule has 0 aliphatic heterocycles. The van der Waals surface area contributed by atoms with Gasteiger partial charge in [0.2, 0.25) is 0 Å². The van der Waals surface area contributed by atoms with Gasteiger partial charge in [0.25, 0.3) is 0 Å². The Balaban J connectivity index is 2.02. The minimum atomic E-state index is -0.222. The van der Waals surface area contributed by atoms with Crippen molar-refractivity contribution in [3.63, 3.8) is 0 Å². The summed E-state index contributed by atoms with van der Waals surface area (Å²) >= 11 is 3.22. The maximum Gasteiger partial charge on any atom is 0.147 e. The van der Waals surface area contributed by atoms with E-state index in [4.69, 9.17) is 5.73 Å². The van der Waals surface area contributed by atoms with Crippen molar-refractivity contribution in [3.05, 3.63) is 28.5 Å². The van der Waals surface area contributed by atoms with E-state index in [1.54, 1.807) is 6.07 Å². The van der Waals surface area contributed by atoms with Crippen LogP contribution in [0.2, 0.25) is 0 Å². The molecular weight excluding hydrogens is 247 g/mol. The second kappa shape index (κ2) is 3.87. The second-order valence-electron chi connectivity index (χ2n) is 3.70. The molecule has 0 unspecified atom stereocenters. The highest BCUT2D eigenvalue weighted by molar-refractivity contribution is 9.10. The highest BCUT2D eigenvalue weighted by Gasteiger charge is 2.26. The lowest BCUT2D eigenvalue weighted by molar-refractivity contribution is 0.372. The Labute approximate surface area is 90.8 Å². The molecule has 0 bridgehead atoms. The maximum atomic E-state index is 13.3. The molecule has 1 aromatic carbocycles. The Bertz CT molecular complexity index is 337. The number of nitrogens with two attached hydrogens (primary N) is 1. The zero-order chi connectivity index (χ0) is 10.1. The smallest absolute Gasteiger partial charge is 0.147 e. The van der Waals surface area contributed by atoms with E-state index in [2.05, 4.69) is 21.2 Å². The van der Waals surface area contributed by atoms with Crippen molar-refractivity contribution in [2.24, 2.45) is 5.73 Å². The third-order valence-corrected chi connectivity index (χ3v) is 2.96. The minimum absolute atomic E-state index is 0.222. The van der Waals surface area contributed by atoms with Crippen LogP contribution in [0.1, 0.15) is 12.8 Å². The van der Waals surface area contributed by atoms with Gasteiger partial charge in [0.15, 0.2) is 0 Å². The van der Waals surface area contributed by atoms with Crippen molar-refractivity contribution in [2.75, 3.05) is 5.32 Å². The van der Waals surface area contributed by atoms with E-state index < -0.39 is 0 Å². The lowest BCUT2D eigenvalue weighted by Crippen LogP contribution is -2.44. The van der Waals surface area contributed by atoms with Crippen molar-refractivity contribution in [1.29, 1.82) is 0 Å². The fraction of sp³-hybridized carbons (Fsp3) is 0.400. The molecule has 1 saturated carbocycles. The van der Waals surface area contributed by atoms with Gasteiger partial charge in [-0.3, -0.25) is 0 Å². The molecule has 2 nitrogen and oxygen atoms in total. The maximum absolute atomic E-state index is 13.3. The van der Waals surface area contributed by atoms with Gasteiger partial charge in [-0.2, -0.15) is 0 Å². The van der Waals surface area contributed by atoms with Crippen molar-refractivity contribution < 1.29 is 4.39 Å². The van der Waals surface area contributed by atoms with Gasteiger partial charge in [0.1, 0.15) is 5.82 Å². The summed E-state index contributed by atoms with van der Waals surface area (Å²) in [7, 11) is 0. The molecule has 76 valence electrons. The SMILES string of the molecule is NC1CC(Nc2ccc(Br)cc2F)C1. The number of hydrogen-bond acceptors (Lipinski definition) is 2. The van der Waals surface area contributed by atoms with Crippen molar-refractivity contribution in [3.8, 4) is 0 Å². The molecule has 4 heteroatoms. The van der Waals surface area contributed by atoms with Crippen LogP contribution in [0.15, 0.2) is 22.7 Å². The van der Waals surface area contributed by atoms with Crippen LogP contribution < -0.4 is 11.1 Å². The van der Waals surface area contributed by atoms with Crippen LogP contribution in [0.4, 0.5) is 10.1 Å². The lowest BCUT2D eigenvalue weighted by Gasteiger charge is -2.33. The number of anilines is 1. The average Bonchev–Trinajstić information content (AvgIpc) is 2.06. The molecule has 1 aliphatic rings. The predicted molar refractivity (Wildman–Crippen MR) is 58.7 cm³/mol. The molecule has 0 spiro atoms. The molecule has 2 rings (SSSR count). The summed E-state index contributed by atoms with van der Waals surface area (Å²) in [6.45, 7) is 0. The molecule has 0 aromatic heterocycles. The Morgan fingerprint density at radius 2 is 2.14 bits per heavy atom. The quantitative estimate of drug-likeness (QED) is 0.856. The molecule has 14 heavy (non-hydrogen) atoms. The van der Waals surface area contributed by atoms with Crippen LogP contribution >= 0.6 is 15.9 Å². The first kappa shape index (κ1) is 9.93. The summed E-state index contributed by atoms with van der Waals surface area (Å²) in [5, 5.41) is 3.13. The molecule has 3 N–H and O–H groups in total. The molecule has 1 fully saturated rings. The van der Waals surface area contributed by atoms with Crippen molar-refractivity contribution in [1.82, 2.24) is 0 Å². The van der Waals surface area contributed by atoms with Gasteiger partial charge in [-0.1, -0.05) is 15.9 Å². The van der Waals surface area contributed by atoms with Gasteiger partial charge in [0.05, 0.1) is 5.69 Å². The number of hydrogen-bond donors (Lipinski definition) is 2. The third-order valence-electron chi connectivity index (χ3n) is 2.47. The summed E-state index contributed by atoms with van der Waals surface area (Å²) in [4.78, 5) is 0. The van der Waals surface area contributed by atoms with Gasteiger partial charge >= 0.3 is 0 Å². The van der Waals surface area contributed by atoms with Crippen molar-refractivity contribution in [2.45, 2.75) is 24.9 Å². The molecule has 0 saturated heterocycles. The van der Waals surface area contributed by atoms with Gasteiger partial charge in [-0.15, -0.1) is 0 Å². The summed E-state index contributed by atoms with van der Waals surface area (Å²) in [6.07, 6.45) is 1.85. The van der Waals surface area contributed by atoms with E-state index in [0.717, 1.165) is 17.3 Å². The first-order valence-electron chi connectivity index (χ1n) is 4.62. The molecule has 0 atom stereocenters. The fourth-order valence-electron chi connectivity index (χ4n) is 1.61. The van der Waals surface area contributed by atoms with Crippen LogP contribution in [0.3, 0.4) is 0 Å². The minimum Gasteiger partial charge on any atom is -0.380 e. The Morgan fingerprint density at radius 1 is 1.43 bits per heavy atom. The Hall–Kier alpha value is -0.610. The monoisotopic (exact) mass is 258 g/mol. The number of benzene rings is 1. The number of halogens is 2. The highest BCUT2D eigenvalue weighted by Crippen LogP contribution is 2.25. The molecular formula is C10H12BrFN2. The van der Waals surface area contributed by atoms with Crippen LogP contribution in [-0.2, 0) is 0 Å². The first-order chi connectivity index (χ1) is 6.65. The summed E-state index contributed by atoms with van der Waals surface area (Å²) in [5.74, 6) is -0.222. The Kier molecular flexibility index (Phi) is 2.74. The summed E-state index contributed by atoms with van der Waals surface area (Å²) in [6, 6.07) is 5.64. The molecule has 1 aromatic rings. The van der Waals surface area contributed by atoms with Crippen LogP contribution in [0, 0.1) is 5.82 Å². The third kappa shape index (κ3) is 2.07. The van der Waals surface area contributed by atoms with Crippen LogP contribution in [-0.4, -0.2) is 12.1 Å². The Morgan fingerprint density at radius 3 is 2.71 bits per heavy atom. The van der Waals surface area contributed by atoms with Gasteiger partial charge in [-0.05, 0) is 31.0 Å². The predicted octanol–water partition coefficient (Wildman–Crippen LogP) is 2.49.